The fraction of sp³-hybridized carbons (Fsp3) is 0.625. The van der Waals surface area contributed by atoms with E-state index in [-0.39, 0.29) is 11.4 Å². The second kappa shape index (κ2) is 5.14. The van der Waals surface area contributed by atoms with Gasteiger partial charge in [-0.2, -0.15) is 13.2 Å². The molecule has 3 rings (SSSR count). The number of hydrogen-bond acceptors (Lipinski definition) is 2. The van der Waals surface area contributed by atoms with E-state index in [1.54, 1.807) is 0 Å². The number of benzene rings is 1. The van der Waals surface area contributed by atoms with Crippen LogP contribution in [0.3, 0.4) is 0 Å². The van der Waals surface area contributed by atoms with E-state index < -0.39 is 30.1 Å². The van der Waals surface area contributed by atoms with Crippen molar-refractivity contribution < 1.29 is 22.5 Å². The fourth-order valence-corrected chi connectivity index (χ4v) is 3.02. The molecule has 0 bridgehead atoms. The number of hydrogen-bond donors (Lipinski definition) is 0. The Morgan fingerprint density at radius 1 is 1.09 bits per heavy atom. The lowest BCUT2D eigenvalue weighted by atomic mass is 9.76. The average Bonchev–Trinajstić information content (AvgIpc) is 3.16. The summed E-state index contributed by atoms with van der Waals surface area (Å²) in [4.78, 5) is 0. The van der Waals surface area contributed by atoms with Crippen LogP contribution in [-0.2, 0) is 15.5 Å². The summed E-state index contributed by atoms with van der Waals surface area (Å²) in [6, 6.07) is 2.21. The molecule has 1 aliphatic carbocycles. The lowest BCUT2D eigenvalue weighted by Crippen LogP contribution is -2.41. The van der Waals surface area contributed by atoms with E-state index in [9.17, 15) is 13.2 Å². The summed E-state index contributed by atoms with van der Waals surface area (Å²) < 4.78 is 51.4. The maximum absolute atomic E-state index is 13.2. The van der Waals surface area contributed by atoms with Crippen LogP contribution in [0.1, 0.15) is 57.6 Å². The SMILES string of the molecule is CC1(C)OB(c2cc(C(F)(F)F)cc(C3CC3)c2Cl)OC1(C)C. The number of rotatable bonds is 2. The van der Waals surface area contributed by atoms with Crippen LogP contribution in [0.25, 0.3) is 0 Å². The summed E-state index contributed by atoms with van der Waals surface area (Å²) in [5, 5.41) is 0.332. The highest BCUT2D eigenvalue weighted by Gasteiger charge is 2.53. The molecule has 0 atom stereocenters. The fourth-order valence-electron chi connectivity index (χ4n) is 2.67. The first kappa shape index (κ1) is 17.1. The Kier molecular flexibility index (Phi) is 3.82. The van der Waals surface area contributed by atoms with Crippen LogP contribution >= 0.6 is 11.6 Å². The molecule has 1 saturated heterocycles. The van der Waals surface area contributed by atoms with Gasteiger partial charge in [0.1, 0.15) is 0 Å². The van der Waals surface area contributed by atoms with E-state index in [0.29, 0.717) is 10.6 Å². The third-order valence-electron chi connectivity index (χ3n) is 4.98. The molecule has 2 fully saturated rings. The molecule has 0 aromatic heterocycles. The second-order valence-electron chi connectivity index (χ2n) is 7.33. The minimum atomic E-state index is -4.42. The Labute approximate surface area is 139 Å². The van der Waals surface area contributed by atoms with E-state index >= 15 is 0 Å². The molecule has 126 valence electrons. The summed E-state index contributed by atoms with van der Waals surface area (Å²) in [7, 11) is -0.896. The molecule has 1 saturated carbocycles. The molecule has 2 nitrogen and oxygen atoms in total. The molecule has 0 spiro atoms. The van der Waals surface area contributed by atoms with E-state index in [1.807, 2.05) is 27.7 Å². The normalized spacial score (nSPS) is 23.4. The quantitative estimate of drug-likeness (QED) is 0.732. The van der Waals surface area contributed by atoms with Gasteiger partial charge in [0.2, 0.25) is 0 Å². The summed E-state index contributed by atoms with van der Waals surface area (Å²) in [6.07, 6.45) is -2.69. The van der Waals surface area contributed by atoms with Crippen molar-refractivity contribution in [3.05, 3.63) is 28.3 Å². The van der Waals surface area contributed by atoms with E-state index in [2.05, 4.69) is 0 Å². The van der Waals surface area contributed by atoms with Crippen LogP contribution in [0.4, 0.5) is 13.2 Å². The Balaban J connectivity index is 2.07. The Bertz CT molecular complexity index is 623. The molecule has 23 heavy (non-hydrogen) atoms. The van der Waals surface area contributed by atoms with Crippen molar-refractivity contribution in [1.29, 1.82) is 0 Å². The van der Waals surface area contributed by atoms with Gasteiger partial charge in [-0.1, -0.05) is 11.6 Å². The Hall–Kier alpha value is -0.715. The molecule has 0 N–H and O–H groups in total. The lowest BCUT2D eigenvalue weighted by molar-refractivity contribution is -0.137. The predicted octanol–water partition coefficient (Wildman–Crippen LogP) is 4.54. The highest BCUT2D eigenvalue weighted by atomic mass is 35.5. The molecule has 1 heterocycles. The molecule has 2 aliphatic rings. The zero-order valence-corrected chi connectivity index (χ0v) is 14.3. The smallest absolute Gasteiger partial charge is 0.399 e. The van der Waals surface area contributed by atoms with Gasteiger partial charge in [-0.25, -0.2) is 0 Å². The van der Waals surface area contributed by atoms with Crippen molar-refractivity contribution in [1.82, 2.24) is 0 Å². The van der Waals surface area contributed by atoms with Gasteiger partial charge in [0, 0.05) is 10.5 Å². The van der Waals surface area contributed by atoms with Gasteiger partial charge in [-0.3, -0.25) is 0 Å². The Morgan fingerprint density at radius 3 is 2.04 bits per heavy atom. The summed E-state index contributed by atoms with van der Waals surface area (Å²) in [6.45, 7) is 7.43. The first-order chi connectivity index (χ1) is 10.4. The molecule has 0 amide bonds. The molecule has 7 heteroatoms. The van der Waals surface area contributed by atoms with Crippen LogP contribution in [0.15, 0.2) is 12.1 Å². The number of alkyl halides is 3. The minimum Gasteiger partial charge on any atom is -0.399 e. The maximum Gasteiger partial charge on any atom is 0.496 e. The molecule has 1 aliphatic heterocycles. The topological polar surface area (TPSA) is 18.5 Å². The van der Waals surface area contributed by atoms with Crippen LogP contribution in [0.5, 0.6) is 0 Å². The van der Waals surface area contributed by atoms with E-state index in [1.165, 1.54) is 0 Å². The van der Waals surface area contributed by atoms with E-state index in [4.69, 9.17) is 20.9 Å². The van der Waals surface area contributed by atoms with Gasteiger partial charge in [0.05, 0.1) is 16.8 Å². The minimum absolute atomic E-state index is 0.103. The highest BCUT2D eigenvalue weighted by Crippen LogP contribution is 2.45. The summed E-state index contributed by atoms with van der Waals surface area (Å²) >= 11 is 6.40. The van der Waals surface area contributed by atoms with Gasteiger partial charge in [0.25, 0.3) is 0 Å². The third kappa shape index (κ3) is 3.01. The maximum atomic E-state index is 13.2. The van der Waals surface area contributed by atoms with Gasteiger partial charge in [-0.05, 0) is 64.2 Å². The van der Waals surface area contributed by atoms with Crippen molar-refractivity contribution in [3.63, 3.8) is 0 Å². The molecular formula is C16H19BClF3O2. The monoisotopic (exact) mass is 346 g/mol. The lowest BCUT2D eigenvalue weighted by Gasteiger charge is -2.32. The summed E-state index contributed by atoms with van der Waals surface area (Å²) in [5.74, 6) is 0.103. The van der Waals surface area contributed by atoms with Crippen molar-refractivity contribution in [2.45, 2.75) is 63.8 Å². The van der Waals surface area contributed by atoms with Crippen molar-refractivity contribution in [2.75, 3.05) is 0 Å². The van der Waals surface area contributed by atoms with Gasteiger partial charge >= 0.3 is 13.3 Å². The molecular weight excluding hydrogens is 327 g/mol. The standard InChI is InChI=1S/C16H19BClF3O2/c1-14(2)15(3,4)23-17(22-14)12-8-10(16(19,20)21)7-11(13(12)18)9-5-6-9/h7-9H,5-6H2,1-4H3. The largest absolute Gasteiger partial charge is 0.496 e. The van der Waals surface area contributed by atoms with Crippen molar-refractivity contribution in [3.8, 4) is 0 Å². The second-order valence-corrected chi connectivity index (χ2v) is 7.71. The molecule has 1 aromatic carbocycles. The van der Waals surface area contributed by atoms with Crippen LogP contribution < -0.4 is 5.46 Å². The molecule has 0 radical (unpaired) electrons. The van der Waals surface area contributed by atoms with Crippen LogP contribution in [-0.4, -0.2) is 18.3 Å². The number of halogens is 4. The predicted molar refractivity (Wildman–Crippen MR) is 84.1 cm³/mol. The third-order valence-corrected chi connectivity index (χ3v) is 5.42. The van der Waals surface area contributed by atoms with Gasteiger partial charge in [0.15, 0.2) is 0 Å². The average molecular weight is 347 g/mol. The van der Waals surface area contributed by atoms with Crippen molar-refractivity contribution in [2.24, 2.45) is 0 Å². The zero-order chi connectivity index (χ0) is 17.2. The first-order valence-electron chi connectivity index (χ1n) is 7.68. The van der Waals surface area contributed by atoms with Gasteiger partial charge < -0.3 is 9.31 Å². The van der Waals surface area contributed by atoms with Crippen molar-refractivity contribution >= 4 is 24.2 Å². The Morgan fingerprint density at radius 2 is 1.61 bits per heavy atom. The van der Waals surface area contributed by atoms with Crippen LogP contribution in [0, 0.1) is 0 Å². The summed E-state index contributed by atoms with van der Waals surface area (Å²) in [5.41, 5.74) is -1.15. The zero-order valence-electron chi connectivity index (χ0n) is 13.6. The molecule has 1 aromatic rings. The highest BCUT2D eigenvalue weighted by molar-refractivity contribution is 6.65. The molecule has 0 unspecified atom stereocenters. The first-order valence-corrected chi connectivity index (χ1v) is 8.06. The van der Waals surface area contributed by atoms with Crippen LogP contribution in [0.2, 0.25) is 5.02 Å². The van der Waals surface area contributed by atoms with Gasteiger partial charge in [-0.15, -0.1) is 0 Å². The van der Waals surface area contributed by atoms with E-state index in [0.717, 1.165) is 25.0 Å².